The maximum atomic E-state index is 4.79. The van der Waals surface area contributed by atoms with Crippen molar-refractivity contribution in [3.8, 4) is 28.3 Å². The van der Waals surface area contributed by atoms with Crippen LogP contribution in [0.3, 0.4) is 0 Å². The molecular weight excluding hydrogens is 595 g/mol. The summed E-state index contributed by atoms with van der Waals surface area (Å²) in [5.74, 6) is 0.919. The van der Waals surface area contributed by atoms with Gasteiger partial charge in [-0.25, -0.2) is 0 Å². The Hall–Kier alpha value is -3.85. The number of hydrogen-bond acceptors (Lipinski definition) is 2. The van der Waals surface area contributed by atoms with Crippen LogP contribution in [-0.2, 0) is 20.1 Å². The van der Waals surface area contributed by atoms with Gasteiger partial charge in [-0.05, 0) is 36.0 Å². The third-order valence-corrected chi connectivity index (χ3v) is 5.18. The van der Waals surface area contributed by atoms with Crippen LogP contribution < -0.4 is 0 Å². The average Bonchev–Trinajstić information content (AvgIpc) is 3.31. The first-order valence-corrected chi connectivity index (χ1v) is 10.8. The van der Waals surface area contributed by atoms with Crippen molar-refractivity contribution in [2.24, 2.45) is 0 Å². The van der Waals surface area contributed by atoms with E-state index in [-0.39, 0.29) is 20.1 Å². The van der Waals surface area contributed by atoms with Crippen molar-refractivity contribution in [2.75, 3.05) is 0 Å². The van der Waals surface area contributed by atoms with Crippen LogP contribution in [0.15, 0.2) is 128 Å². The van der Waals surface area contributed by atoms with Crippen LogP contribution >= 0.6 is 0 Å². The van der Waals surface area contributed by atoms with Crippen LogP contribution in [0.1, 0.15) is 0 Å². The molecular formula is C30H21IrN3-2. The SMILES string of the molecule is [Ir].[c-]1ccccc1-c1ccccn1.[c-]1ccccc1-c1nc2ccccc2n1-c1ccccc1. The van der Waals surface area contributed by atoms with E-state index in [9.17, 15) is 0 Å². The summed E-state index contributed by atoms with van der Waals surface area (Å²) < 4.78 is 2.18. The maximum absolute atomic E-state index is 4.79. The number of para-hydroxylation sites is 3. The number of imidazole rings is 1. The van der Waals surface area contributed by atoms with Gasteiger partial charge in [0.1, 0.15) is 0 Å². The van der Waals surface area contributed by atoms with Crippen LogP contribution in [0.25, 0.3) is 39.4 Å². The third kappa shape index (κ3) is 5.20. The second-order valence-electron chi connectivity index (χ2n) is 7.36. The fourth-order valence-corrected chi connectivity index (χ4v) is 3.65. The largest absolute Gasteiger partial charge is 0.333 e. The molecule has 0 spiro atoms. The summed E-state index contributed by atoms with van der Waals surface area (Å²) >= 11 is 0. The van der Waals surface area contributed by atoms with Gasteiger partial charge in [0.15, 0.2) is 0 Å². The van der Waals surface area contributed by atoms with Gasteiger partial charge in [0.05, 0.1) is 16.9 Å². The van der Waals surface area contributed by atoms with E-state index in [1.165, 1.54) is 0 Å². The fraction of sp³-hybridized carbons (Fsp3) is 0. The summed E-state index contributed by atoms with van der Waals surface area (Å²) in [6.45, 7) is 0. The molecule has 6 rings (SSSR count). The van der Waals surface area contributed by atoms with Gasteiger partial charge >= 0.3 is 0 Å². The molecule has 0 fully saturated rings. The predicted octanol–water partition coefficient (Wildman–Crippen LogP) is 7.04. The zero-order valence-corrected chi connectivity index (χ0v) is 20.7. The topological polar surface area (TPSA) is 30.7 Å². The van der Waals surface area contributed by atoms with E-state index in [1.54, 1.807) is 6.20 Å². The van der Waals surface area contributed by atoms with Crippen molar-refractivity contribution < 1.29 is 20.1 Å². The zero-order chi connectivity index (χ0) is 22.3. The number of fused-ring (bicyclic) bond motifs is 1. The van der Waals surface area contributed by atoms with Crippen molar-refractivity contribution in [3.05, 3.63) is 140 Å². The van der Waals surface area contributed by atoms with Crippen LogP contribution in [0.5, 0.6) is 0 Å². The van der Waals surface area contributed by atoms with Crippen LogP contribution in [-0.4, -0.2) is 14.5 Å². The van der Waals surface area contributed by atoms with Crippen molar-refractivity contribution in [1.29, 1.82) is 0 Å². The number of nitrogens with zero attached hydrogens (tertiary/aromatic N) is 3. The number of rotatable bonds is 3. The Balaban J connectivity index is 0.000000180. The smallest absolute Gasteiger partial charge is 0.0774 e. The van der Waals surface area contributed by atoms with E-state index in [2.05, 4.69) is 39.9 Å². The van der Waals surface area contributed by atoms with E-state index in [0.717, 1.165) is 39.4 Å². The van der Waals surface area contributed by atoms with Crippen LogP contribution in [0, 0.1) is 12.1 Å². The monoisotopic (exact) mass is 616 g/mol. The Morgan fingerprint density at radius 2 is 1.24 bits per heavy atom. The van der Waals surface area contributed by atoms with Gasteiger partial charge in [-0.1, -0.05) is 42.5 Å². The van der Waals surface area contributed by atoms with Gasteiger partial charge in [0, 0.05) is 32.0 Å². The summed E-state index contributed by atoms with van der Waals surface area (Å²) in [7, 11) is 0. The molecule has 167 valence electrons. The maximum Gasteiger partial charge on any atom is 0.0774 e. The Labute approximate surface area is 213 Å². The third-order valence-electron chi connectivity index (χ3n) is 5.18. The molecule has 0 aliphatic heterocycles. The van der Waals surface area contributed by atoms with Crippen LogP contribution in [0.4, 0.5) is 0 Å². The van der Waals surface area contributed by atoms with Crippen molar-refractivity contribution in [1.82, 2.24) is 14.5 Å². The molecule has 6 aromatic rings. The molecule has 34 heavy (non-hydrogen) atoms. The quantitative estimate of drug-likeness (QED) is 0.200. The van der Waals surface area contributed by atoms with Gasteiger partial charge in [0.2, 0.25) is 0 Å². The Bertz CT molecular complexity index is 1390. The van der Waals surface area contributed by atoms with Gasteiger partial charge < -0.3 is 9.55 Å². The molecule has 2 heterocycles. The molecule has 0 unspecified atom stereocenters. The summed E-state index contributed by atoms with van der Waals surface area (Å²) in [5.41, 5.74) is 6.22. The molecule has 0 atom stereocenters. The minimum Gasteiger partial charge on any atom is -0.333 e. The second-order valence-corrected chi connectivity index (χ2v) is 7.36. The van der Waals surface area contributed by atoms with E-state index in [0.29, 0.717) is 0 Å². The minimum atomic E-state index is 0. The van der Waals surface area contributed by atoms with E-state index in [1.807, 2.05) is 103 Å². The standard InChI is InChI=1S/C19H13N2.C11H8N.Ir/c1-3-9-15(10-4-1)19-20-17-13-7-8-14-18(17)21(19)16-11-5-2-6-12-16;1-2-6-10(7-3-1)11-8-4-5-9-12-11;/h1-9,11-14H;1-6,8-9H;/q2*-1;. The summed E-state index contributed by atoms with van der Waals surface area (Å²) in [6, 6.07) is 46.5. The molecule has 0 amide bonds. The van der Waals surface area contributed by atoms with Crippen molar-refractivity contribution in [3.63, 3.8) is 0 Å². The van der Waals surface area contributed by atoms with E-state index in [4.69, 9.17) is 4.98 Å². The first-order valence-electron chi connectivity index (χ1n) is 10.8. The number of benzene rings is 4. The van der Waals surface area contributed by atoms with Gasteiger partial charge in [-0.3, -0.25) is 4.98 Å². The minimum absolute atomic E-state index is 0. The molecule has 0 aliphatic carbocycles. The molecule has 1 radical (unpaired) electrons. The molecule has 0 bridgehead atoms. The number of pyridine rings is 1. The van der Waals surface area contributed by atoms with Crippen molar-refractivity contribution >= 4 is 11.0 Å². The summed E-state index contributed by atoms with van der Waals surface area (Å²) in [5, 5.41) is 0. The molecule has 3 nitrogen and oxygen atoms in total. The normalized spacial score (nSPS) is 10.1. The predicted molar refractivity (Wildman–Crippen MR) is 134 cm³/mol. The van der Waals surface area contributed by atoms with Gasteiger partial charge in [0.25, 0.3) is 0 Å². The summed E-state index contributed by atoms with van der Waals surface area (Å²) in [4.78, 5) is 9.01. The molecule has 4 heteroatoms. The Morgan fingerprint density at radius 3 is 1.91 bits per heavy atom. The molecule has 0 saturated heterocycles. The average molecular weight is 616 g/mol. The molecule has 0 aliphatic rings. The molecule has 0 N–H and O–H groups in total. The van der Waals surface area contributed by atoms with Crippen LogP contribution in [0.2, 0.25) is 0 Å². The van der Waals surface area contributed by atoms with Gasteiger partial charge in [-0.2, -0.15) is 0 Å². The molecule has 0 saturated carbocycles. The number of aromatic nitrogens is 3. The number of hydrogen-bond donors (Lipinski definition) is 0. The Morgan fingerprint density at radius 1 is 0.588 bits per heavy atom. The Kier molecular flexibility index (Phi) is 7.77. The second kappa shape index (κ2) is 11.3. The zero-order valence-electron chi connectivity index (χ0n) is 18.3. The van der Waals surface area contributed by atoms with Crippen molar-refractivity contribution in [2.45, 2.75) is 0 Å². The van der Waals surface area contributed by atoms with E-state index >= 15 is 0 Å². The fourth-order valence-electron chi connectivity index (χ4n) is 3.65. The first kappa shape index (κ1) is 23.3. The van der Waals surface area contributed by atoms with E-state index < -0.39 is 0 Å². The molecule has 4 aromatic carbocycles. The summed E-state index contributed by atoms with van der Waals surface area (Å²) in [6.07, 6.45) is 1.79. The van der Waals surface area contributed by atoms with Gasteiger partial charge in [-0.15, -0.1) is 71.8 Å². The first-order chi connectivity index (χ1) is 16.4. The molecule has 2 aromatic heterocycles.